The van der Waals surface area contributed by atoms with E-state index in [0.29, 0.717) is 12.2 Å². The van der Waals surface area contributed by atoms with Crippen LogP contribution in [-0.2, 0) is 0 Å². The highest BCUT2D eigenvalue weighted by Crippen LogP contribution is 2.13. The number of likely N-dealkylation sites (N-methyl/N-ethyl adjacent to an activating group) is 1. The first-order valence-corrected chi connectivity index (χ1v) is 5.13. The topological polar surface area (TPSA) is 42.6 Å². The molecule has 0 amide bonds. The van der Waals surface area contributed by atoms with Crippen molar-refractivity contribution < 1.29 is 0 Å². The van der Waals surface area contributed by atoms with Crippen LogP contribution >= 0.6 is 0 Å². The van der Waals surface area contributed by atoms with Gasteiger partial charge in [0.2, 0.25) is 0 Å². The lowest BCUT2D eigenvalue weighted by atomic mass is 10.1. The van der Waals surface area contributed by atoms with E-state index in [1.807, 2.05) is 21.1 Å². The lowest BCUT2D eigenvalue weighted by molar-refractivity contribution is -0.0390. The zero-order valence-electron chi connectivity index (χ0n) is 9.38. The van der Waals surface area contributed by atoms with E-state index in [1.165, 1.54) is 0 Å². The molecule has 0 aromatic rings. The molecule has 2 unspecified atom stereocenters. The molecule has 3 N–H and O–H groups in total. The van der Waals surface area contributed by atoms with Crippen molar-refractivity contribution in [3.8, 4) is 0 Å². The van der Waals surface area contributed by atoms with Crippen molar-refractivity contribution in [3.05, 3.63) is 6.92 Å². The van der Waals surface area contributed by atoms with E-state index < -0.39 is 0 Å². The van der Waals surface area contributed by atoms with Gasteiger partial charge in [-0.3, -0.25) is 10.9 Å². The van der Waals surface area contributed by atoms with Crippen LogP contribution in [0.2, 0.25) is 0 Å². The monoisotopic (exact) mass is 200 g/mol. The van der Waals surface area contributed by atoms with Gasteiger partial charge >= 0.3 is 0 Å². The summed E-state index contributed by atoms with van der Waals surface area (Å²) in [5.41, 5.74) is 6.42. The molecule has 1 rings (SSSR count). The minimum absolute atomic E-state index is 0.304. The molecule has 0 saturated carbocycles. The summed E-state index contributed by atoms with van der Waals surface area (Å²) >= 11 is 0. The van der Waals surface area contributed by atoms with Crippen molar-refractivity contribution in [3.63, 3.8) is 0 Å². The third-order valence-corrected chi connectivity index (χ3v) is 2.85. The van der Waals surface area contributed by atoms with Crippen LogP contribution in [0.4, 0.5) is 0 Å². The smallest absolute Gasteiger partial charge is 0.0902 e. The average Bonchev–Trinajstić information content (AvgIpc) is 2.26. The van der Waals surface area contributed by atoms with Gasteiger partial charge in [-0.25, -0.2) is 10.0 Å². The van der Waals surface area contributed by atoms with Crippen LogP contribution in [0.15, 0.2) is 0 Å². The molecule has 0 aliphatic carbocycles. The number of hydrazine groups is 2. The third-order valence-electron chi connectivity index (χ3n) is 2.85. The molecule has 0 spiro atoms. The van der Waals surface area contributed by atoms with E-state index in [-0.39, 0.29) is 0 Å². The Hall–Kier alpha value is -0.200. The second-order valence-electron chi connectivity index (χ2n) is 3.42. The molecule has 2 atom stereocenters. The van der Waals surface area contributed by atoms with Gasteiger partial charge in [-0.1, -0.05) is 6.92 Å². The standard InChI is InChI=1S/C9H22N5/c1-5-8-9(10-2)14(12-4)7-6-13(8)11-3/h8-12H,1,5-7H2,2-4H3. The predicted octanol–water partition coefficient (Wildman–Crippen LogP) is -0.989. The maximum atomic E-state index is 4.00. The molecule has 1 saturated heterocycles. The maximum absolute atomic E-state index is 4.00. The van der Waals surface area contributed by atoms with E-state index in [0.717, 1.165) is 19.5 Å². The molecule has 83 valence electrons. The molecule has 0 aromatic carbocycles. The van der Waals surface area contributed by atoms with Gasteiger partial charge in [0, 0.05) is 13.1 Å². The summed E-state index contributed by atoms with van der Waals surface area (Å²) in [6.45, 7) is 6.01. The Bertz CT molecular complexity index is 145. The largest absolute Gasteiger partial charge is 0.302 e. The fourth-order valence-electron chi connectivity index (χ4n) is 2.09. The molecule has 5 nitrogen and oxygen atoms in total. The minimum Gasteiger partial charge on any atom is -0.302 e. The predicted molar refractivity (Wildman–Crippen MR) is 58.1 cm³/mol. The Morgan fingerprint density at radius 2 is 1.71 bits per heavy atom. The molecule has 5 heteroatoms. The Kier molecular flexibility index (Phi) is 4.77. The Morgan fingerprint density at radius 3 is 2.14 bits per heavy atom. The van der Waals surface area contributed by atoms with E-state index in [1.54, 1.807) is 0 Å². The van der Waals surface area contributed by atoms with Crippen LogP contribution in [0.1, 0.15) is 6.42 Å². The van der Waals surface area contributed by atoms with Crippen LogP contribution < -0.4 is 16.2 Å². The van der Waals surface area contributed by atoms with Crippen molar-refractivity contribution in [1.82, 2.24) is 26.2 Å². The van der Waals surface area contributed by atoms with Gasteiger partial charge in [0.1, 0.15) is 0 Å². The van der Waals surface area contributed by atoms with E-state index in [2.05, 4.69) is 33.1 Å². The molecule has 1 aliphatic rings. The van der Waals surface area contributed by atoms with Gasteiger partial charge in [0.05, 0.1) is 12.2 Å². The lowest BCUT2D eigenvalue weighted by Gasteiger charge is -2.46. The Morgan fingerprint density at radius 1 is 1.14 bits per heavy atom. The zero-order valence-corrected chi connectivity index (χ0v) is 9.38. The van der Waals surface area contributed by atoms with Gasteiger partial charge in [0.25, 0.3) is 0 Å². The van der Waals surface area contributed by atoms with Crippen molar-refractivity contribution in [2.75, 3.05) is 34.2 Å². The normalized spacial score (nSPS) is 30.9. The number of nitrogens with zero attached hydrogens (tertiary/aromatic N) is 2. The van der Waals surface area contributed by atoms with Crippen molar-refractivity contribution in [2.45, 2.75) is 18.6 Å². The highest BCUT2D eigenvalue weighted by molar-refractivity contribution is 4.86. The summed E-state index contributed by atoms with van der Waals surface area (Å²) in [6, 6.07) is 0.395. The first-order chi connectivity index (χ1) is 6.78. The van der Waals surface area contributed by atoms with E-state index >= 15 is 0 Å². The zero-order chi connectivity index (χ0) is 10.6. The number of piperazine rings is 1. The molecule has 1 fully saturated rings. The number of hydrogen-bond acceptors (Lipinski definition) is 5. The second-order valence-corrected chi connectivity index (χ2v) is 3.42. The van der Waals surface area contributed by atoms with Crippen LogP contribution in [0.25, 0.3) is 0 Å². The summed E-state index contributed by atoms with van der Waals surface area (Å²) in [5, 5.41) is 7.76. The van der Waals surface area contributed by atoms with Crippen molar-refractivity contribution in [1.29, 1.82) is 0 Å². The Labute approximate surface area is 86.8 Å². The molecule has 1 heterocycles. The average molecular weight is 200 g/mol. The van der Waals surface area contributed by atoms with Crippen LogP contribution in [0.5, 0.6) is 0 Å². The highest BCUT2D eigenvalue weighted by Gasteiger charge is 2.33. The first-order valence-electron chi connectivity index (χ1n) is 5.13. The number of nitrogens with one attached hydrogen (secondary N) is 3. The molecule has 14 heavy (non-hydrogen) atoms. The fraction of sp³-hybridized carbons (Fsp3) is 0.889. The SMILES string of the molecule is [CH2]CC1C(NC)N(NC)CCN1NC. The van der Waals surface area contributed by atoms with Gasteiger partial charge in [0.15, 0.2) is 0 Å². The van der Waals surface area contributed by atoms with Gasteiger partial charge < -0.3 is 5.32 Å². The first kappa shape index (κ1) is 11.9. The second kappa shape index (κ2) is 5.63. The third kappa shape index (κ3) is 2.24. The van der Waals surface area contributed by atoms with Gasteiger partial charge in [-0.2, -0.15) is 0 Å². The molecular weight excluding hydrogens is 178 g/mol. The molecule has 1 radical (unpaired) electrons. The van der Waals surface area contributed by atoms with E-state index in [4.69, 9.17) is 0 Å². The number of hydrogen-bond donors (Lipinski definition) is 3. The highest BCUT2D eigenvalue weighted by atomic mass is 15.6. The lowest BCUT2D eigenvalue weighted by Crippen LogP contribution is -2.68. The summed E-state index contributed by atoms with van der Waals surface area (Å²) in [4.78, 5) is 0. The Balaban J connectivity index is 2.67. The molecular formula is C9H22N5. The molecule has 0 aromatic heterocycles. The van der Waals surface area contributed by atoms with Gasteiger partial charge in [-0.15, -0.1) is 0 Å². The quantitative estimate of drug-likeness (QED) is 0.544. The van der Waals surface area contributed by atoms with Crippen molar-refractivity contribution >= 4 is 0 Å². The van der Waals surface area contributed by atoms with Gasteiger partial charge in [-0.05, 0) is 27.6 Å². The minimum atomic E-state index is 0.304. The summed E-state index contributed by atoms with van der Waals surface area (Å²) in [6.07, 6.45) is 1.18. The van der Waals surface area contributed by atoms with Crippen LogP contribution in [-0.4, -0.2) is 56.5 Å². The van der Waals surface area contributed by atoms with Crippen LogP contribution in [0.3, 0.4) is 0 Å². The van der Waals surface area contributed by atoms with E-state index in [9.17, 15) is 0 Å². The van der Waals surface area contributed by atoms with Crippen LogP contribution in [0, 0.1) is 6.92 Å². The number of rotatable bonds is 4. The maximum Gasteiger partial charge on any atom is 0.0902 e. The molecule has 1 aliphatic heterocycles. The fourth-order valence-corrected chi connectivity index (χ4v) is 2.09. The van der Waals surface area contributed by atoms with Crippen molar-refractivity contribution in [2.24, 2.45) is 0 Å². The molecule has 0 bridgehead atoms. The summed E-state index contributed by atoms with van der Waals surface area (Å²) in [7, 11) is 5.90. The summed E-state index contributed by atoms with van der Waals surface area (Å²) in [5.74, 6) is 0. The summed E-state index contributed by atoms with van der Waals surface area (Å²) < 4.78 is 0.